The number of amides is 2. The van der Waals surface area contributed by atoms with E-state index in [1.165, 1.54) is 18.2 Å². The van der Waals surface area contributed by atoms with Crippen molar-refractivity contribution in [1.82, 2.24) is 9.80 Å². The van der Waals surface area contributed by atoms with Gasteiger partial charge in [-0.2, -0.15) is 0 Å². The summed E-state index contributed by atoms with van der Waals surface area (Å²) in [5, 5.41) is 0. The van der Waals surface area contributed by atoms with Crippen LogP contribution in [0.3, 0.4) is 0 Å². The molecule has 1 fully saturated rings. The maximum absolute atomic E-state index is 12.9. The lowest BCUT2D eigenvalue weighted by Crippen LogP contribution is -2.51. The smallest absolute Gasteiger partial charge is 0.410 e. The molecular formula is C23H29N3O5S. The second-order valence-electron chi connectivity index (χ2n) is 8.76. The van der Waals surface area contributed by atoms with Gasteiger partial charge in [0, 0.05) is 37.4 Å². The van der Waals surface area contributed by atoms with Crippen LogP contribution in [0.5, 0.6) is 0 Å². The van der Waals surface area contributed by atoms with Crippen LogP contribution in [0.25, 0.3) is 0 Å². The van der Waals surface area contributed by atoms with Crippen LogP contribution in [0.2, 0.25) is 0 Å². The summed E-state index contributed by atoms with van der Waals surface area (Å²) in [5.41, 5.74) is 1.07. The van der Waals surface area contributed by atoms with Crippen molar-refractivity contribution in [3.05, 3.63) is 59.7 Å². The Balaban J connectivity index is 1.65. The van der Waals surface area contributed by atoms with Crippen LogP contribution >= 0.6 is 0 Å². The Hall–Kier alpha value is -3.07. The number of nitrogens with zero attached hydrogens (tertiary/aromatic N) is 2. The predicted molar refractivity (Wildman–Crippen MR) is 122 cm³/mol. The highest BCUT2D eigenvalue weighted by Gasteiger charge is 2.28. The van der Waals surface area contributed by atoms with E-state index in [0.717, 1.165) is 5.56 Å². The van der Waals surface area contributed by atoms with Gasteiger partial charge < -0.3 is 14.5 Å². The third kappa shape index (κ3) is 6.00. The Labute approximate surface area is 189 Å². The van der Waals surface area contributed by atoms with Crippen molar-refractivity contribution in [3.8, 4) is 0 Å². The highest BCUT2D eigenvalue weighted by atomic mass is 32.2. The number of piperazine rings is 1. The number of hydrogen-bond donors (Lipinski definition) is 1. The van der Waals surface area contributed by atoms with Gasteiger partial charge >= 0.3 is 6.09 Å². The quantitative estimate of drug-likeness (QED) is 0.755. The van der Waals surface area contributed by atoms with Gasteiger partial charge in [0.1, 0.15) is 5.60 Å². The monoisotopic (exact) mass is 459 g/mol. The lowest BCUT2D eigenvalue weighted by molar-refractivity contribution is 0.0141. The van der Waals surface area contributed by atoms with Crippen molar-refractivity contribution < 1.29 is 22.7 Å². The van der Waals surface area contributed by atoms with Gasteiger partial charge in [-0.05, 0) is 58.0 Å². The molecule has 1 aliphatic rings. The Morgan fingerprint density at radius 1 is 0.938 bits per heavy atom. The molecule has 1 saturated heterocycles. The average molecular weight is 460 g/mol. The van der Waals surface area contributed by atoms with E-state index in [-0.39, 0.29) is 10.8 Å². The molecule has 0 spiro atoms. The summed E-state index contributed by atoms with van der Waals surface area (Å²) in [5.74, 6) is -0.217. The molecule has 1 heterocycles. The summed E-state index contributed by atoms with van der Waals surface area (Å²) in [6, 6.07) is 12.9. The summed E-state index contributed by atoms with van der Waals surface area (Å²) in [7, 11) is -3.76. The zero-order valence-electron chi connectivity index (χ0n) is 18.8. The van der Waals surface area contributed by atoms with E-state index < -0.39 is 21.7 Å². The van der Waals surface area contributed by atoms with Gasteiger partial charge in [0.15, 0.2) is 0 Å². The Bertz CT molecular complexity index is 1080. The SMILES string of the molecule is Cc1ccc(S(=O)(=O)Nc2cccc(C(=O)N3CCN(C(=O)OC(C)(C)C)CC3)c2)cc1. The zero-order valence-corrected chi connectivity index (χ0v) is 19.6. The number of anilines is 1. The summed E-state index contributed by atoms with van der Waals surface area (Å²) in [6.45, 7) is 8.81. The first-order valence-corrected chi connectivity index (χ1v) is 11.9. The lowest BCUT2D eigenvalue weighted by Gasteiger charge is -2.35. The summed E-state index contributed by atoms with van der Waals surface area (Å²) in [4.78, 5) is 28.5. The van der Waals surface area contributed by atoms with Crippen LogP contribution in [-0.4, -0.2) is 62.0 Å². The number of nitrogens with one attached hydrogen (secondary N) is 1. The number of benzene rings is 2. The van der Waals surface area contributed by atoms with Crippen molar-refractivity contribution in [2.45, 2.75) is 38.2 Å². The van der Waals surface area contributed by atoms with Crippen molar-refractivity contribution >= 4 is 27.7 Å². The number of hydrogen-bond acceptors (Lipinski definition) is 5. The second kappa shape index (κ2) is 9.20. The summed E-state index contributed by atoms with van der Waals surface area (Å²) in [6.07, 6.45) is -0.392. The Morgan fingerprint density at radius 3 is 2.12 bits per heavy atom. The standard InChI is InChI=1S/C23H29N3O5S/c1-17-8-10-20(11-9-17)32(29,30)24-19-7-5-6-18(16-19)21(27)25-12-14-26(15-13-25)22(28)31-23(2,3)4/h5-11,16,24H,12-15H2,1-4H3. The van der Waals surface area contributed by atoms with Crippen LogP contribution in [0.15, 0.2) is 53.4 Å². The fraction of sp³-hybridized carbons (Fsp3) is 0.391. The van der Waals surface area contributed by atoms with Crippen LogP contribution < -0.4 is 4.72 Å². The average Bonchev–Trinajstić information content (AvgIpc) is 2.72. The van der Waals surface area contributed by atoms with Gasteiger partial charge in [-0.1, -0.05) is 23.8 Å². The molecule has 1 aliphatic heterocycles. The molecule has 0 bridgehead atoms. The molecule has 2 aromatic carbocycles. The van der Waals surface area contributed by atoms with E-state index in [1.807, 2.05) is 27.7 Å². The van der Waals surface area contributed by atoms with E-state index in [4.69, 9.17) is 4.74 Å². The molecule has 32 heavy (non-hydrogen) atoms. The van der Waals surface area contributed by atoms with Crippen molar-refractivity contribution in [3.63, 3.8) is 0 Å². The highest BCUT2D eigenvalue weighted by molar-refractivity contribution is 7.92. The number of sulfonamides is 1. The van der Waals surface area contributed by atoms with Crippen LogP contribution in [-0.2, 0) is 14.8 Å². The molecule has 2 amide bonds. The predicted octanol–water partition coefficient (Wildman–Crippen LogP) is 3.49. The summed E-state index contributed by atoms with van der Waals surface area (Å²) < 4.78 is 33.2. The fourth-order valence-electron chi connectivity index (χ4n) is 3.25. The third-order valence-electron chi connectivity index (χ3n) is 4.91. The maximum atomic E-state index is 12.9. The molecule has 0 atom stereocenters. The van der Waals surface area contributed by atoms with E-state index in [1.54, 1.807) is 40.1 Å². The molecule has 0 radical (unpaired) electrons. The molecule has 2 aromatic rings. The largest absolute Gasteiger partial charge is 0.444 e. The molecule has 0 aromatic heterocycles. The Morgan fingerprint density at radius 2 is 1.53 bits per heavy atom. The number of rotatable bonds is 4. The minimum Gasteiger partial charge on any atom is -0.444 e. The first kappa shape index (κ1) is 23.6. The number of ether oxygens (including phenoxy) is 1. The first-order valence-electron chi connectivity index (χ1n) is 10.4. The summed E-state index contributed by atoms with van der Waals surface area (Å²) >= 11 is 0. The van der Waals surface area contributed by atoms with E-state index >= 15 is 0 Å². The fourth-order valence-corrected chi connectivity index (χ4v) is 4.30. The van der Waals surface area contributed by atoms with Crippen molar-refractivity contribution in [2.24, 2.45) is 0 Å². The zero-order chi connectivity index (χ0) is 23.5. The van der Waals surface area contributed by atoms with Crippen LogP contribution in [0.4, 0.5) is 10.5 Å². The lowest BCUT2D eigenvalue weighted by atomic mass is 10.1. The van der Waals surface area contributed by atoms with E-state index in [9.17, 15) is 18.0 Å². The molecule has 8 nitrogen and oxygen atoms in total. The van der Waals surface area contributed by atoms with Crippen molar-refractivity contribution in [2.75, 3.05) is 30.9 Å². The van der Waals surface area contributed by atoms with Gasteiger partial charge in [-0.15, -0.1) is 0 Å². The normalized spacial score (nSPS) is 14.8. The van der Waals surface area contributed by atoms with Gasteiger partial charge in [0.05, 0.1) is 4.90 Å². The molecule has 0 unspecified atom stereocenters. The molecule has 0 saturated carbocycles. The van der Waals surface area contributed by atoms with Crippen LogP contribution in [0, 0.1) is 6.92 Å². The van der Waals surface area contributed by atoms with Gasteiger partial charge in [0.25, 0.3) is 15.9 Å². The molecule has 9 heteroatoms. The van der Waals surface area contributed by atoms with Crippen molar-refractivity contribution in [1.29, 1.82) is 0 Å². The van der Waals surface area contributed by atoms with Gasteiger partial charge in [-0.25, -0.2) is 13.2 Å². The molecule has 172 valence electrons. The van der Waals surface area contributed by atoms with Gasteiger partial charge in [0.2, 0.25) is 0 Å². The molecule has 3 rings (SSSR count). The third-order valence-corrected chi connectivity index (χ3v) is 6.31. The van der Waals surface area contributed by atoms with E-state index in [0.29, 0.717) is 37.4 Å². The van der Waals surface area contributed by atoms with Gasteiger partial charge in [-0.3, -0.25) is 9.52 Å². The van der Waals surface area contributed by atoms with E-state index in [2.05, 4.69) is 4.72 Å². The topological polar surface area (TPSA) is 96.0 Å². The number of aryl methyl sites for hydroxylation is 1. The Kier molecular flexibility index (Phi) is 6.78. The highest BCUT2D eigenvalue weighted by Crippen LogP contribution is 2.19. The minimum atomic E-state index is -3.76. The molecule has 1 N–H and O–H groups in total. The second-order valence-corrected chi connectivity index (χ2v) is 10.4. The number of carbonyl (C=O) groups excluding carboxylic acids is 2. The maximum Gasteiger partial charge on any atom is 0.410 e. The van der Waals surface area contributed by atoms with Crippen LogP contribution in [0.1, 0.15) is 36.7 Å². The number of carbonyl (C=O) groups is 2. The molecule has 0 aliphatic carbocycles. The molecular weight excluding hydrogens is 430 g/mol. The first-order chi connectivity index (χ1) is 14.9. The minimum absolute atomic E-state index is 0.151.